The first-order valence-electron chi connectivity index (χ1n) is 7.21. The van der Waals surface area contributed by atoms with Gasteiger partial charge in [0.2, 0.25) is 0 Å². The van der Waals surface area contributed by atoms with Gasteiger partial charge in [-0.2, -0.15) is 0 Å². The maximum absolute atomic E-state index is 9.92. The van der Waals surface area contributed by atoms with Crippen LogP contribution in [0.5, 0.6) is 0 Å². The molecule has 20 heavy (non-hydrogen) atoms. The Balaban J connectivity index is 2.20. The third-order valence-corrected chi connectivity index (χ3v) is 2.92. The third-order valence-electron chi connectivity index (χ3n) is 2.92. The predicted octanol–water partition coefficient (Wildman–Crippen LogP) is 2.96. The highest BCUT2D eigenvalue weighted by Crippen LogP contribution is 2.26. The smallest absolute Gasteiger partial charge is 0.129 e. The van der Waals surface area contributed by atoms with Crippen molar-refractivity contribution in [1.29, 1.82) is 0 Å². The Hall–Kier alpha value is -0.840. The Kier molecular flexibility index (Phi) is 6.24. The minimum atomic E-state index is -0.510. The van der Waals surface area contributed by atoms with Gasteiger partial charge in [-0.05, 0) is 37.8 Å². The van der Waals surface area contributed by atoms with Crippen molar-refractivity contribution in [2.24, 2.45) is 5.41 Å². The molecule has 1 heterocycles. The van der Waals surface area contributed by atoms with E-state index in [-0.39, 0.29) is 11.0 Å². The molecule has 0 bridgehead atoms. The summed E-state index contributed by atoms with van der Waals surface area (Å²) >= 11 is 0. The number of aliphatic hydroxyl groups excluding tert-OH is 1. The Bertz CT molecular complexity index is 366. The highest BCUT2D eigenvalue weighted by Gasteiger charge is 2.25. The molecule has 2 N–H and O–H groups in total. The van der Waals surface area contributed by atoms with Crippen LogP contribution in [0.1, 0.15) is 46.8 Å². The summed E-state index contributed by atoms with van der Waals surface area (Å²) in [5, 5.41) is 13.3. The molecule has 0 aliphatic carbocycles. The molecule has 0 saturated carbocycles. The highest BCUT2D eigenvalue weighted by molar-refractivity contribution is 4.96. The number of furan rings is 1. The lowest BCUT2D eigenvalue weighted by molar-refractivity contribution is 0.0186. The molecule has 0 amide bonds. The van der Waals surface area contributed by atoms with Gasteiger partial charge in [-0.3, -0.25) is 0 Å². The average molecular weight is 283 g/mol. The number of ether oxygens (including phenoxy) is 1. The van der Waals surface area contributed by atoms with E-state index in [1.807, 2.05) is 12.1 Å². The zero-order valence-corrected chi connectivity index (χ0v) is 13.4. The highest BCUT2D eigenvalue weighted by atomic mass is 16.5. The molecule has 1 atom stereocenters. The van der Waals surface area contributed by atoms with Crippen molar-refractivity contribution in [2.45, 2.75) is 59.3 Å². The van der Waals surface area contributed by atoms with E-state index in [2.05, 4.69) is 39.9 Å². The Morgan fingerprint density at radius 3 is 2.55 bits per heavy atom. The number of rotatable bonds is 8. The van der Waals surface area contributed by atoms with Gasteiger partial charge >= 0.3 is 0 Å². The van der Waals surface area contributed by atoms with Crippen LogP contribution in [-0.4, -0.2) is 29.9 Å². The summed E-state index contributed by atoms with van der Waals surface area (Å²) < 4.78 is 10.6. The summed E-state index contributed by atoms with van der Waals surface area (Å²) in [6, 6.07) is 3.68. The van der Waals surface area contributed by atoms with Gasteiger partial charge in [0.15, 0.2) is 0 Å². The van der Waals surface area contributed by atoms with Crippen molar-refractivity contribution in [3.63, 3.8) is 0 Å². The summed E-state index contributed by atoms with van der Waals surface area (Å²) in [4.78, 5) is 0. The van der Waals surface area contributed by atoms with Gasteiger partial charge < -0.3 is 19.6 Å². The zero-order chi connectivity index (χ0) is 15.2. The quantitative estimate of drug-likeness (QED) is 0.770. The van der Waals surface area contributed by atoms with Crippen molar-refractivity contribution >= 4 is 0 Å². The summed E-state index contributed by atoms with van der Waals surface area (Å²) in [5.74, 6) is 0.776. The van der Waals surface area contributed by atoms with Gasteiger partial charge in [0, 0.05) is 12.1 Å². The largest absolute Gasteiger partial charge is 0.467 e. The number of hydrogen-bond acceptors (Lipinski definition) is 4. The van der Waals surface area contributed by atoms with E-state index in [9.17, 15) is 5.11 Å². The molecule has 4 nitrogen and oxygen atoms in total. The third kappa shape index (κ3) is 7.68. The van der Waals surface area contributed by atoms with Gasteiger partial charge in [-0.1, -0.05) is 20.8 Å². The van der Waals surface area contributed by atoms with E-state index in [0.717, 1.165) is 12.2 Å². The molecular weight excluding hydrogens is 254 g/mol. The molecular formula is C16H29NO3. The standard InChI is InChI=1S/C16H29NO3/c1-15(2,3)12-16(4,5)17-9-13(18)10-19-11-14-7-6-8-20-14/h6-8,13,17-18H,9-12H2,1-5H3. The molecule has 1 unspecified atom stereocenters. The monoisotopic (exact) mass is 283 g/mol. The lowest BCUT2D eigenvalue weighted by Crippen LogP contribution is -2.46. The number of β-amino-alcohol motifs (C(OH)–C–C–N with tert-alkyl or cyclic N) is 1. The number of nitrogens with one attached hydrogen (secondary N) is 1. The molecule has 0 fully saturated rings. The minimum absolute atomic E-state index is 0.000239. The Morgan fingerprint density at radius 2 is 2.00 bits per heavy atom. The average Bonchev–Trinajstić information content (AvgIpc) is 2.76. The molecule has 0 saturated heterocycles. The molecule has 0 aliphatic rings. The predicted molar refractivity (Wildman–Crippen MR) is 80.5 cm³/mol. The molecule has 0 radical (unpaired) electrons. The molecule has 1 rings (SSSR count). The van der Waals surface area contributed by atoms with Crippen LogP contribution in [0.25, 0.3) is 0 Å². The van der Waals surface area contributed by atoms with Gasteiger partial charge in [-0.15, -0.1) is 0 Å². The fourth-order valence-electron chi connectivity index (χ4n) is 2.53. The van der Waals surface area contributed by atoms with Crippen molar-refractivity contribution in [3.8, 4) is 0 Å². The summed E-state index contributed by atoms with van der Waals surface area (Å²) in [7, 11) is 0. The van der Waals surface area contributed by atoms with E-state index in [1.54, 1.807) is 6.26 Å². The van der Waals surface area contributed by atoms with Crippen LogP contribution in [0.2, 0.25) is 0 Å². The van der Waals surface area contributed by atoms with Crippen LogP contribution in [0.4, 0.5) is 0 Å². The van der Waals surface area contributed by atoms with Gasteiger partial charge in [0.05, 0.1) is 19.0 Å². The van der Waals surface area contributed by atoms with Gasteiger partial charge in [0.25, 0.3) is 0 Å². The summed E-state index contributed by atoms with van der Waals surface area (Å²) in [6.45, 7) is 12.2. The SMILES string of the molecule is CC(C)(C)CC(C)(C)NCC(O)COCc1ccco1. The van der Waals surface area contributed by atoms with Crippen molar-refractivity contribution in [2.75, 3.05) is 13.2 Å². The van der Waals surface area contributed by atoms with Gasteiger partial charge in [0.1, 0.15) is 12.4 Å². The summed E-state index contributed by atoms with van der Waals surface area (Å²) in [6.07, 6.45) is 2.15. The van der Waals surface area contributed by atoms with E-state index in [4.69, 9.17) is 9.15 Å². The lowest BCUT2D eigenvalue weighted by Gasteiger charge is -2.34. The van der Waals surface area contributed by atoms with Crippen LogP contribution in [-0.2, 0) is 11.3 Å². The second-order valence-electron chi connectivity index (χ2n) is 7.25. The first-order valence-corrected chi connectivity index (χ1v) is 7.21. The lowest BCUT2D eigenvalue weighted by atomic mass is 9.82. The normalized spacial score (nSPS) is 14.5. The second-order valence-corrected chi connectivity index (χ2v) is 7.25. The van der Waals surface area contributed by atoms with E-state index in [1.165, 1.54) is 0 Å². The Labute approximate surface area is 122 Å². The van der Waals surface area contributed by atoms with Crippen molar-refractivity contribution in [1.82, 2.24) is 5.32 Å². The molecule has 0 aliphatic heterocycles. The van der Waals surface area contributed by atoms with Crippen LogP contribution in [0, 0.1) is 5.41 Å². The molecule has 0 spiro atoms. The number of hydrogen-bond donors (Lipinski definition) is 2. The Morgan fingerprint density at radius 1 is 1.30 bits per heavy atom. The maximum atomic E-state index is 9.92. The molecule has 4 heteroatoms. The first kappa shape index (κ1) is 17.2. The van der Waals surface area contributed by atoms with E-state index < -0.39 is 6.10 Å². The van der Waals surface area contributed by atoms with Crippen LogP contribution < -0.4 is 5.32 Å². The van der Waals surface area contributed by atoms with E-state index in [0.29, 0.717) is 19.8 Å². The van der Waals surface area contributed by atoms with Crippen LogP contribution in [0.3, 0.4) is 0 Å². The van der Waals surface area contributed by atoms with E-state index >= 15 is 0 Å². The number of aliphatic hydroxyl groups is 1. The van der Waals surface area contributed by atoms with Crippen molar-refractivity contribution in [3.05, 3.63) is 24.2 Å². The zero-order valence-electron chi connectivity index (χ0n) is 13.4. The van der Waals surface area contributed by atoms with Crippen LogP contribution in [0.15, 0.2) is 22.8 Å². The fraction of sp³-hybridized carbons (Fsp3) is 0.750. The molecule has 116 valence electrons. The second kappa shape index (κ2) is 7.25. The van der Waals surface area contributed by atoms with Crippen LogP contribution >= 0.6 is 0 Å². The van der Waals surface area contributed by atoms with Crippen molar-refractivity contribution < 1.29 is 14.3 Å². The maximum Gasteiger partial charge on any atom is 0.129 e. The van der Waals surface area contributed by atoms with Gasteiger partial charge in [-0.25, -0.2) is 0 Å². The minimum Gasteiger partial charge on any atom is -0.467 e. The summed E-state index contributed by atoms with van der Waals surface area (Å²) in [5.41, 5.74) is 0.261. The first-order chi connectivity index (χ1) is 9.18. The molecule has 1 aromatic rings. The fourth-order valence-corrected chi connectivity index (χ4v) is 2.53. The topological polar surface area (TPSA) is 54.6 Å². The molecule has 1 aromatic heterocycles. The molecule has 0 aromatic carbocycles.